The first kappa shape index (κ1) is 19.7. The van der Waals surface area contributed by atoms with Crippen LogP contribution in [0.1, 0.15) is 46.0 Å². The van der Waals surface area contributed by atoms with E-state index in [-0.39, 0.29) is 23.5 Å². The number of benzene rings is 2. The zero-order valence-corrected chi connectivity index (χ0v) is 15.2. The second kappa shape index (κ2) is 9.73. The Morgan fingerprint density at radius 2 is 1.65 bits per heavy atom. The maximum Gasteiger partial charge on any atom is 0.325 e. The number of amides is 1. The summed E-state index contributed by atoms with van der Waals surface area (Å²) in [5.74, 6) is -1.30. The average Bonchev–Trinajstić information content (AvgIpc) is 2.66. The number of halogens is 1. The predicted molar refractivity (Wildman–Crippen MR) is 99.5 cm³/mol. The van der Waals surface area contributed by atoms with E-state index in [0.29, 0.717) is 17.2 Å². The molecule has 0 fully saturated rings. The molecule has 6 heteroatoms. The molecule has 26 heavy (non-hydrogen) atoms. The summed E-state index contributed by atoms with van der Waals surface area (Å²) in [7, 11) is 0. The van der Waals surface area contributed by atoms with Crippen LogP contribution < -0.4 is 5.32 Å². The summed E-state index contributed by atoms with van der Waals surface area (Å²) in [5, 5.41) is 3.02. The van der Waals surface area contributed by atoms with Crippen molar-refractivity contribution in [3.05, 3.63) is 70.2 Å². The number of ketones is 1. The molecule has 0 saturated heterocycles. The van der Waals surface area contributed by atoms with Gasteiger partial charge in [0, 0.05) is 16.1 Å². The summed E-state index contributed by atoms with van der Waals surface area (Å²) >= 11 is 5.84. The van der Waals surface area contributed by atoms with Gasteiger partial charge in [-0.3, -0.25) is 14.4 Å². The van der Waals surface area contributed by atoms with E-state index < -0.39 is 11.9 Å². The fourth-order valence-electron chi connectivity index (χ4n) is 2.26. The highest BCUT2D eigenvalue weighted by atomic mass is 35.5. The van der Waals surface area contributed by atoms with Gasteiger partial charge in [0.1, 0.15) is 6.54 Å². The molecule has 0 aliphatic heterocycles. The Morgan fingerprint density at radius 1 is 1.00 bits per heavy atom. The van der Waals surface area contributed by atoms with Crippen molar-refractivity contribution in [2.45, 2.75) is 19.8 Å². The molecule has 0 bridgehead atoms. The molecule has 1 N–H and O–H groups in total. The number of nitrogens with one attached hydrogen (secondary N) is 1. The average molecular weight is 374 g/mol. The molecule has 2 rings (SSSR count). The van der Waals surface area contributed by atoms with E-state index >= 15 is 0 Å². The highest BCUT2D eigenvalue weighted by molar-refractivity contribution is 6.30. The highest BCUT2D eigenvalue weighted by Gasteiger charge is 2.18. The molecule has 0 unspecified atom stereocenters. The third kappa shape index (κ3) is 5.43. The summed E-state index contributed by atoms with van der Waals surface area (Å²) in [5.41, 5.74) is 0.883. The standard InChI is InChI=1S/C20H20ClNO4/c1-2-3-12-26-18(23)13-22-20(25)17-7-5-4-6-16(17)19(24)14-8-10-15(21)11-9-14/h4-11H,2-3,12-13H2,1H3,(H,22,25). The lowest BCUT2D eigenvalue weighted by molar-refractivity contribution is -0.142. The third-order valence-electron chi connectivity index (χ3n) is 3.68. The van der Waals surface area contributed by atoms with Crippen LogP contribution >= 0.6 is 11.6 Å². The molecular weight excluding hydrogens is 354 g/mol. The molecule has 0 aliphatic carbocycles. The number of carbonyl (C=O) groups excluding carboxylic acids is 3. The van der Waals surface area contributed by atoms with Crippen LogP contribution in [-0.4, -0.2) is 30.8 Å². The van der Waals surface area contributed by atoms with Crippen molar-refractivity contribution in [2.75, 3.05) is 13.2 Å². The first-order chi connectivity index (χ1) is 12.5. The lowest BCUT2D eigenvalue weighted by Gasteiger charge is -2.10. The zero-order valence-electron chi connectivity index (χ0n) is 14.5. The Kier molecular flexibility index (Phi) is 7.36. The summed E-state index contributed by atoms with van der Waals surface area (Å²) < 4.78 is 4.99. The van der Waals surface area contributed by atoms with Gasteiger partial charge in [-0.15, -0.1) is 0 Å². The molecule has 1 amide bonds. The van der Waals surface area contributed by atoms with Crippen LogP contribution in [0.25, 0.3) is 0 Å². The van der Waals surface area contributed by atoms with Gasteiger partial charge in [0.2, 0.25) is 0 Å². The Bertz CT molecular complexity index is 787. The number of rotatable bonds is 8. The smallest absolute Gasteiger partial charge is 0.325 e. The molecule has 0 heterocycles. The van der Waals surface area contributed by atoms with Gasteiger partial charge in [0.25, 0.3) is 5.91 Å². The molecule has 0 aliphatic rings. The van der Waals surface area contributed by atoms with E-state index in [1.807, 2.05) is 6.92 Å². The van der Waals surface area contributed by atoms with Crippen molar-refractivity contribution in [1.82, 2.24) is 5.32 Å². The van der Waals surface area contributed by atoms with E-state index in [9.17, 15) is 14.4 Å². The summed E-state index contributed by atoms with van der Waals surface area (Å²) in [6, 6.07) is 12.9. The van der Waals surface area contributed by atoms with Crippen molar-refractivity contribution in [3.63, 3.8) is 0 Å². The van der Waals surface area contributed by atoms with Crippen molar-refractivity contribution >= 4 is 29.3 Å². The van der Waals surface area contributed by atoms with Gasteiger partial charge in [-0.05, 0) is 36.8 Å². The van der Waals surface area contributed by atoms with Gasteiger partial charge in [-0.25, -0.2) is 0 Å². The SMILES string of the molecule is CCCCOC(=O)CNC(=O)c1ccccc1C(=O)c1ccc(Cl)cc1. The number of hydrogen-bond donors (Lipinski definition) is 1. The van der Waals surface area contributed by atoms with Crippen molar-refractivity contribution in [2.24, 2.45) is 0 Å². The second-order valence-corrected chi connectivity index (χ2v) is 6.07. The summed E-state index contributed by atoms with van der Waals surface area (Å²) in [4.78, 5) is 36.7. The molecule has 0 spiro atoms. The Balaban J connectivity index is 2.08. The summed E-state index contributed by atoms with van der Waals surface area (Å²) in [6.07, 6.45) is 1.69. The minimum Gasteiger partial charge on any atom is -0.464 e. The third-order valence-corrected chi connectivity index (χ3v) is 3.93. The van der Waals surface area contributed by atoms with Crippen LogP contribution in [0.5, 0.6) is 0 Å². The minimum atomic E-state index is -0.506. The topological polar surface area (TPSA) is 72.5 Å². The molecule has 0 aromatic heterocycles. The Labute approximate surface area is 157 Å². The molecule has 5 nitrogen and oxygen atoms in total. The van der Waals surface area contributed by atoms with Gasteiger partial charge in [-0.2, -0.15) is 0 Å². The highest BCUT2D eigenvalue weighted by Crippen LogP contribution is 2.17. The van der Waals surface area contributed by atoms with Gasteiger partial charge >= 0.3 is 5.97 Å². The maximum atomic E-state index is 12.7. The Morgan fingerprint density at radius 3 is 2.31 bits per heavy atom. The first-order valence-corrected chi connectivity index (χ1v) is 8.74. The summed E-state index contributed by atoms with van der Waals surface area (Å²) in [6.45, 7) is 2.08. The van der Waals surface area contributed by atoms with Crippen molar-refractivity contribution in [1.29, 1.82) is 0 Å². The molecule has 2 aromatic rings. The molecule has 0 saturated carbocycles. The van der Waals surface area contributed by atoms with Gasteiger partial charge < -0.3 is 10.1 Å². The quantitative estimate of drug-likeness (QED) is 0.435. The van der Waals surface area contributed by atoms with Gasteiger partial charge in [0.15, 0.2) is 5.78 Å². The zero-order chi connectivity index (χ0) is 18.9. The molecular formula is C20H20ClNO4. The normalized spacial score (nSPS) is 10.2. The maximum absolute atomic E-state index is 12.7. The van der Waals surface area contributed by atoms with Crippen LogP contribution in [0.3, 0.4) is 0 Å². The monoisotopic (exact) mass is 373 g/mol. The van der Waals surface area contributed by atoms with Crippen LogP contribution in [0.2, 0.25) is 5.02 Å². The van der Waals surface area contributed by atoms with Crippen LogP contribution in [-0.2, 0) is 9.53 Å². The van der Waals surface area contributed by atoms with E-state index in [1.165, 1.54) is 0 Å². The molecule has 0 atom stereocenters. The van der Waals surface area contributed by atoms with E-state index in [4.69, 9.17) is 16.3 Å². The fraction of sp³-hybridized carbons (Fsp3) is 0.250. The number of ether oxygens (including phenoxy) is 1. The van der Waals surface area contributed by atoms with Gasteiger partial charge in [0.05, 0.1) is 12.2 Å². The molecule has 136 valence electrons. The van der Waals surface area contributed by atoms with Crippen LogP contribution in [0, 0.1) is 0 Å². The van der Waals surface area contributed by atoms with Crippen molar-refractivity contribution in [3.8, 4) is 0 Å². The number of esters is 1. The van der Waals surface area contributed by atoms with Crippen LogP contribution in [0.4, 0.5) is 0 Å². The lowest BCUT2D eigenvalue weighted by Crippen LogP contribution is -2.31. The fourth-order valence-corrected chi connectivity index (χ4v) is 2.39. The predicted octanol–water partition coefficient (Wildman–Crippen LogP) is 3.64. The number of carbonyl (C=O) groups is 3. The van der Waals surface area contributed by atoms with Gasteiger partial charge in [-0.1, -0.05) is 43.1 Å². The van der Waals surface area contributed by atoms with E-state index in [1.54, 1.807) is 48.5 Å². The van der Waals surface area contributed by atoms with Crippen LogP contribution in [0.15, 0.2) is 48.5 Å². The lowest BCUT2D eigenvalue weighted by atomic mass is 9.98. The first-order valence-electron chi connectivity index (χ1n) is 8.36. The van der Waals surface area contributed by atoms with E-state index in [0.717, 1.165) is 12.8 Å². The second-order valence-electron chi connectivity index (χ2n) is 5.64. The number of unbranched alkanes of at least 4 members (excludes halogenated alkanes) is 1. The minimum absolute atomic E-state index is 0.203. The largest absolute Gasteiger partial charge is 0.464 e. The van der Waals surface area contributed by atoms with E-state index in [2.05, 4.69) is 5.32 Å². The van der Waals surface area contributed by atoms with Crippen molar-refractivity contribution < 1.29 is 19.1 Å². The molecule has 2 aromatic carbocycles. The number of hydrogen-bond acceptors (Lipinski definition) is 4. The Hall–Kier alpha value is -2.66. The molecule has 0 radical (unpaired) electrons.